The van der Waals surface area contributed by atoms with Gasteiger partial charge in [0.2, 0.25) is 0 Å². The maximum Gasteiger partial charge on any atom is 0.257 e. The summed E-state index contributed by atoms with van der Waals surface area (Å²) in [6.07, 6.45) is 9.93. The second-order valence-electron chi connectivity index (χ2n) is 8.03. The maximum absolute atomic E-state index is 12.7. The molecule has 0 bridgehead atoms. The summed E-state index contributed by atoms with van der Waals surface area (Å²) in [4.78, 5) is 16.8. The third kappa shape index (κ3) is 4.78. The fourth-order valence-corrected chi connectivity index (χ4v) is 4.92. The predicted octanol–water partition coefficient (Wildman–Crippen LogP) is 5.26. The first-order chi connectivity index (χ1) is 15.0. The normalized spacial score (nSPS) is 19.7. The van der Waals surface area contributed by atoms with Crippen molar-refractivity contribution >= 4 is 45.1 Å². The van der Waals surface area contributed by atoms with Crippen LogP contribution in [0.5, 0.6) is 11.5 Å². The highest BCUT2D eigenvalue weighted by Crippen LogP contribution is 2.37. The van der Waals surface area contributed by atoms with E-state index in [1.165, 1.54) is 19.0 Å². The molecule has 1 fully saturated rings. The molecule has 1 atom stereocenters. The number of alkyl halides is 1. The highest BCUT2D eigenvalue weighted by atomic mass is 127. The molecule has 3 aromatic rings. The number of halogens is 1. The van der Waals surface area contributed by atoms with Crippen LogP contribution >= 0.6 is 22.6 Å². The first-order valence-corrected chi connectivity index (χ1v) is 11.7. The molecule has 1 saturated carbocycles. The molecule has 1 aliphatic carbocycles. The molecule has 0 spiro atoms. The van der Waals surface area contributed by atoms with Crippen molar-refractivity contribution in [3.63, 3.8) is 0 Å². The minimum absolute atomic E-state index is 0.275. The van der Waals surface area contributed by atoms with E-state index in [1.54, 1.807) is 26.5 Å². The first-order valence-electron chi connectivity index (χ1n) is 10.5. The Kier molecular flexibility index (Phi) is 6.64. The third-order valence-corrected chi connectivity index (χ3v) is 7.08. The van der Waals surface area contributed by atoms with Crippen LogP contribution in [0.25, 0.3) is 10.9 Å². The van der Waals surface area contributed by atoms with Gasteiger partial charge in [0.05, 0.1) is 43.2 Å². The summed E-state index contributed by atoms with van der Waals surface area (Å²) in [5.41, 5.74) is 1.88. The number of carbonyl (C=O) groups excluding carboxylic acids is 1. The van der Waals surface area contributed by atoms with Gasteiger partial charge in [0.1, 0.15) is 11.5 Å². The lowest BCUT2D eigenvalue weighted by molar-refractivity contribution is 0.102. The van der Waals surface area contributed by atoms with Gasteiger partial charge in [0, 0.05) is 27.8 Å². The van der Waals surface area contributed by atoms with E-state index in [-0.39, 0.29) is 5.91 Å². The summed E-state index contributed by atoms with van der Waals surface area (Å²) in [6.45, 7) is 2.30. The smallest absolute Gasteiger partial charge is 0.257 e. The number of fused-ring (bicyclic) bond motifs is 1. The molecule has 8 heteroatoms. The lowest BCUT2D eigenvalue weighted by atomic mass is 9.84. The molecule has 1 unspecified atom stereocenters. The van der Waals surface area contributed by atoms with Crippen LogP contribution in [-0.2, 0) is 0 Å². The van der Waals surface area contributed by atoms with Crippen molar-refractivity contribution in [2.24, 2.45) is 5.92 Å². The molecule has 7 nitrogen and oxygen atoms in total. The Morgan fingerprint density at radius 3 is 2.61 bits per heavy atom. The van der Waals surface area contributed by atoms with E-state index in [4.69, 9.17) is 14.6 Å². The van der Waals surface area contributed by atoms with Crippen LogP contribution in [0.2, 0.25) is 0 Å². The number of carbonyl (C=O) groups is 1. The highest BCUT2D eigenvalue weighted by molar-refractivity contribution is 14.1. The average molecular weight is 534 g/mol. The number of hydrogen-bond acceptors (Lipinski definition) is 5. The first kappa shape index (κ1) is 21.9. The van der Waals surface area contributed by atoms with Gasteiger partial charge >= 0.3 is 0 Å². The zero-order valence-electron chi connectivity index (χ0n) is 18.0. The van der Waals surface area contributed by atoms with Crippen molar-refractivity contribution < 1.29 is 14.3 Å². The monoisotopic (exact) mass is 534 g/mol. The van der Waals surface area contributed by atoms with Gasteiger partial charge in [-0.05, 0) is 43.7 Å². The standard InChI is InChI=1S/C23H27IN4O3/c1-14(24)15-4-6-18(7-5-15)28-13-17-9-21(22(31-3)10-20(17)27-28)26-23(29)16-8-19(30-2)12-25-11-16/h8-15,18H,4-7H2,1-3H3,(H,26,29). The van der Waals surface area contributed by atoms with Crippen molar-refractivity contribution in [1.29, 1.82) is 0 Å². The number of benzene rings is 1. The molecule has 2 aromatic heterocycles. The van der Waals surface area contributed by atoms with Crippen molar-refractivity contribution in [2.75, 3.05) is 19.5 Å². The van der Waals surface area contributed by atoms with Crippen molar-refractivity contribution in [3.8, 4) is 11.5 Å². The number of nitrogens with one attached hydrogen (secondary N) is 1. The topological polar surface area (TPSA) is 78.3 Å². The van der Waals surface area contributed by atoms with E-state index in [0.717, 1.165) is 29.7 Å². The molecule has 1 amide bonds. The van der Waals surface area contributed by atoms with Gasteiger partial charge in [-0.15, -0.1) is 0 Å². The molecule has 0 aliphatic heterocycles. The molecule has 1 aromatic carbocycles. The molecule has 1 aliphatic rings. The average Bonchev–Trinajstić information content (AvgIpc) is 3.21. The Morgan fingerprint density at radius 1 is 1.16 bits per heavy atom. The van der Waals surface area contributed by atoms with E-state index in [0.29, 0.717) is 32.7 Å². The third-order valence-electron chi connectivity index (χ3n) is 6.07. The minimum atomic E-state index is -0.275. The summed E-state index contributed by atoms with van der Waals surface area (Å²) in [7, 11) is 3.13. The number of pyridine rings is 1. The summed E-state index contributed by atoms with van der Waals surface area (Å²) < 4.78 is 13.5. The lowest BCUT2D eigenvalue weighted by Gasteiger charge is -2.30. The van der Waals surface area contributed by atoms with Crippen LogP contribution in [0.3, 0.4) is 0 Å². The number of methoxy groups -OCH3 is 2. The quantitative estimate of drug-likeness (QED) is 0.345. The van der Waals surface area contributed by atoms with Crippen LogP contribution in [0.15, 0.2) is 36.8 Å². The van der Waals surface area contributed by atoms with Crippen LogP contribution in [0.1, 0.15) is 49.0 Å². The van der Waals surface area contributed by atoms with Gasteiger partial charge < -0.3 is 14.8 Å². The number of anilines is 1. The summed E-state index contributed by atoms with van der Waals surface area (Å²) in [5, 5.41) is 8.72. The fourth-order valence-electron chi connectivity index (χ4n) is 4.20. The molecule has 4 rings (SSSR count). The van der Waals surface area contributed by atoms with Gasteiger partial charge in [0.15, 0.2) is 0 Å². The van der Waals surface area contributed by atoms with E-state index in [9.17, 15) is 4.79 Å². The molecule has 2 heterocycles. The zero-order chi connectivity index (χ0) is 22.0. The molecular weight excluding hydrogens is 507 g/mol. The van der Waals surface area contributed by atoms with Gasteiger partial charge in [0.25, 0.3) is 5.91 Å². The number of hydrogen-bond donors (Lipinski definition) is 1. The highest BCUT2D eigenvalue weighted by Gasteiger charge is 2.25. The largest absolute Gasteiger partial charge is 0.495 e. The van der Waals surface area contributed by atoms with Gasteiger partial charge in [-0.25, -0.2) is 0 Å². The van der Waals surface area contributed by atoms with E-state index >= 15 is 0 Å². The van der Waals surface area contributed by atoms with Crippen LogP contribution in [0.4, 0.5) is 5.69 Å². The molecule has 1 N–H and O–H groups in total. The number of rotatable bonds is 6. The maximum atomic E-state index is 12.7. The Bertz CT molecular complexity index is 1070. The molecule has 164 valence electrons. The second kappa shape index (κ2) is 9.42. The van der Waals surface area contributed by atoms with Crippen molar-refractivity contribution in [3.05, 3.63) is 42.4 Å². The predicted molar refractivity (Wildman–Crippen MR) is 130 cm³/mol. The van der Waals surface area contributed by atoms with Crippen molar-refractivity contribution in [1.82, 2.24) is 14.8 Å². The minimum Gasteiger partial charge on any atom is -0.495 e. The fraction of sp³-hybridized carbons (Fsp3) is 0.435. The number of ether oxygens (including phenoxy) is 2. The lowest BCUT2D eigenvalue weighted by Crippen LogP contribution is -2.22. The Balaban J connectivity index is 1.56. The van der Waals surface area contributed by atoms with Gasteiger partial charge in [-0.2, -0.15) is 5.10 Å². The summed E-state index contributed by atoms with van der Waals surface area (Å²) >= 11 is 2.54. The number of nitrogens with zero attached hydrogens (tertiary/aromatic N) is 3. The number of amides is 1. The molecular formula is C23H27IN4O3. The van der Waals surface area contributed by atoms with Gasteiger partial charge in [-0.3, -0.25) is 14.5 Å². The summed E-state index contributed by atoms with van der Waals surface area (Å²) in [5.74, 6) is 1.63. The van der Waals surface area contributed by atoms with E-state index in [1.807, 2.05) is 12.1 Å². The Labute approximate surface area is 195 Å². The van der Waals surface area contributed by atoms with Crippen LogP contribution in [0, 0.1) is 5.92 Å². The van der Waals surface area contributed by atoms with Crippen LogP contribution in [-0.4, -0.2) is 38.8 Å². The molecule has 0 radical (unpaired) electrons. The Hall–Kier alpha value is -2.36. The van der Waals surface area contributed by atoms with E-state index in [2.05, 4.69) is 50.7 Å². The van der Waals surface area contributed by atoms with E-state index < -0.39 is 0 Å². The number of aromatic nitrogens is 3. The molecule has 0 saturated heterocycles. The SMILES string of the molecule is COc1cncc(C(=O)Nc2cc3cn(C4CCC(C(C)I)CC4)nc3cc2OC)c1. The second-order valence-corrected chi connectivity index (χ2v) is 10.00. The van der Waals surface area contributed by atoms with Crippen molar-refractivity contribution in [2.45, 2.75) is 42.6 Å². The van der Waals surface area contributed by atoms with Gasteiger partial charge in [-0.1, -0.05) is 29.5 Å². The summed E-state index contributed by atoms with van der Waals surface area (Å²) in [6, 6.07) is 5.87. The molecule has 31 heavy (non-hydrogen) atoms. The Morgan fingerprint density at radius 2 is 1.94 bits per heavy atom. The zero-order valence-corrected chi connectivity index (χ0v) is 20.1. The van der Waals surface area contributed by atoms with Crippen LogP contribution < -0.4 is 14.8 Å².